The van der Waals surface area contributed by atoms with Gasteiger partial charge in [-0.05, 0) is 18.8 Å². The van der Waals surface area contributed by atoms with Crippen LogP contribution in [0.1, 0.15) is 12.8 Å². The molecule has 1 saturated carbocycles. The summed E-state index contributed by atoms with van der Waals surface area (Å²) in [5.74, 6) is 0.609. The monoisotopic (exact) mass is 204 g/mol. The van der Waals surface area contributed by atoms with Crippen molar-refractivity contribution in [1.29, 1.82) is 0 Å². The number of aliphatic hydroxyl groups is 1. The van der Waals surface area contributed by atoms with Crippen LogP contribution in [-0.4, -0.2) is 35.6 Å². The van der Waals surface area contributed by atoms with Crippen molar-refractivity contribution in [1.82, 2.24) is 0 Å². The van der Waals surface area contributed by atoms with E-state index in [0.29, 0.717) is 12.5 Å². The van der Waals surface area contributed by atoms with Crippen molar-refractivity contribution < 1.29 is 14.6 Å². The Balaban J connectivity index is 1.97. The van der Waals surface area contributed by atoms with E-state index in [0.717, 1.165) is 19.4 Å². The van der Waals surface area contributed by atoms with E-state index >= 15 is 0 Å². The van der Waals surface area contributed by atoms with Gasteiger partial charge in [0, 0.05) is 5.92 Å². The minimum Gasteiger partial charge on any atom is -0.385 e. The van der Waals surface area contributed by atoms with Crippen molar-refractivity contribution in [3.05, 3.63) is 0 Å². The van der Waals surface area contributed by atoms with Crippen molar-refractivity contribution in [2.24, 2.45) is 11.8 Å². The van der Waals surface area contributed by atoms with Gasteiger partial charge in [-0.25, -0.2) is 0 Å². The highest BCUT2D eigenvalue weighted by molar-refractivity contribution is 6.21. The van der Waals surface area contributed by atoms with Crippen molar-refractivity contribution in [3.8, 4) is 0 Å². The lowest BCUT2D eigenvalue weighted by atomic mass is 9.85. The summed E-state index contributed by atoms with van der Waals surface area (Å²) >= 11 is 6.14. The zero-order chi connectivity index (χ0) is 9.05. The van der Waals surface area contributed by atoms with Crippen LogP contribution in [0.25, 0.3) is 0 Å². The molecule has 1 aliphatic carbocycles. The van der Waals surface area contributed by atoms with E-state index in [1.165, 1.54) is 0 Å². The normalized spacial score (nSPS) is 59.5. The van der Waals surface area contributed by atoms with Gasteiger partial charge in [-0.3, -0.25) is 0 Å². The van der Waals surface area contributed by atoms with Gasteiger partial charge < -0.3 is 14.6 Å². The average Bonchev–Trinajstić information content (AvgIpc) is 2.57. The van der Waals surface area contributed by atoms with E-state index in [1.807, 2.05) is 0 Å². The summed E-state index contributed by atoms with van der Waals surface area (Å²) in [6, 6.07) is 0. The van der Waals surface area contributed by atoms with Crippen LogP contribution < -0.4 is 0 Å². The molecule has 0 amide bonds. The van der Waals surface area contributed by atoms with Crippen LogP contribution in [0.15, 0.2) is 0 Å². The van der Waals surface area contributed by atoms with Crippen LogP contribution in [0, 0.1) is 11.8 Å². The molecule has 3 fully saturated rings. The third-order valence-corrected chi connectivity index (χ3v) is 4.24. The van der Waals surface area contributed by atoms with Gasteiger partial charge in [0.25, 0.3) is 0 Å². The topological polar surface area (TPSA) is 38.7 Å². The molecule has 0 aromatic carbocycles. The van der Waals surface area contributed by atoms with Crippen molar-refractivity contribution in [3.63, 3.8) is 0 Å². The first-order chi connectivity index (χ1) is 6.22. The Morgan fingerprint density at radius 2 is 2.23 bits per heavy atom. The highest BCUT2D eigenvalue weighted by Crippen LogP contribution is 2.53. The molecule has 74 valence electrons. The maximum Gasteiger partial charge on any atom is 0.163 e. The van der Waals surface area contributed by atoms with Crippen LogP contribution in [0.4, 0.5) is 0 Å². The van der Waals surface area contributed by atoms with E-state index in [1.54, 1.807) is 0 Å². The molecule has 0 spiro atoms. The summed E-state index contributed by atoms with van der Waals surface area (Å²) in [7, 11) is 0. The fourth-order valence-electron chi connectivity index (χ4n) is 2.98. The zero-order valence-electron chi connectivity index (χ0n) is 7.28. The minimum atomic E-state index is -0.822. The molecule has 2 aliphatic heterocycles. The lowest BCUT2D eigenvalue weighted by Gasteiger charge is -2.31. The molecule has 1 N–H and O–H groups in total. The van der Waals surface area contributed by atoms with Crippen LogP contribution in [-0.2, 0) is 9.47 Å². The van der Waals surface area contributed by atoms with E-state index in [9.17, 15) is 5.11 Å². The minimum absolute atomic E-state index is 0.115. The number of ether oxygens (including phenoxy) is 2. The van der Waals surface area contributed by atoms with Crippen LogP contribution in [0.3, 0.4) is 0 Å². The fourth-order valence-corrected chi connectivity index (χ4v) is 3.42. The first kappa shape index (κ1) is 8.48. The predicted octanol–water partition coefficient (Wildman–Crippen LogP) is 0.738. The Bertz CT molecular complexity index is 235. The van der Waals surface area contributed by atoms with Gasteiger partial charge in [0.05, 0.1) is 18.6 Å². The highest BCUT2D eigenvalue weighted by atomic mass is 35.5. The summed E-state index contributed by atoms with van der Waals surface area (Å²) < 4.78 is 10.9. The first-order valence-electron chi connectivity index (χ1n) is 4.81. The van der Waals surface area contributed by atoms with Crippen LogP contribution in [0.2, 0.25) is 0 Å². The molecule has 5 unspecified atom stereocenters. The van der Waals surface area contributed by atoms with Gasteiger partial charge in [0.1, 0.15) is 5.60 Å². The first-order valence-corrected chi connectivity index (χ1v) is 5.25. The molecule has 3 rings (SSSR count). The van der Waals surface area contributed by atoms with Gasteiger partial charge in [-0.15, -0.1) is 11.6 Å². The average molecular weight is 205 g/mol. The highest BCUT2D eigenvalue weighted by Gasteiger charge is 2.62. The lowest BCUT2D eigenvalue weighted by Crippen LogP contribution is -2.44. The molecule has 2 saturated heterocycles. The number of hydrogen-bond donors (Lipinski definition) is 1. The van der Waals surface area contributed by atoms with E-state index in [-0.39, 0.29) is 17.6 Å². The quantitative estimate of drug-likeness (QED) is 0.592. The van der Waals surface area contributed by atoms with Crippen molar-refractivity contribution in [2.45, 2.75) is 30.1 Å². The zero-order valence-corrected chi connectivity index (χ0v) is 8.04. The molecular weight excluding hydrogens is 192 g/mol. The largest absolute Gasteiger partial charge is 0.385 e. The number of alkyl halides is 1. The number of hydrogen-bond acceptors (Lipinski definition) is 3. The van der Waals surface area contributed by atoms with Crippen LogP contribution in [0.5, 0.6) is 0 Å². The molecule has 2 heterocycles. The van der Waals surface area contributed by atoms with Gasteiger partial charge in [-0.2, -0.15) is 0 Å². The molecule has 13 heavy (non-hydrogen) atoms. The molecular formula is C9H13ClO3. The van der Waals surface area contributed by atoms with E-state index in [2.05, 4.69) is 0 Å². The predicted molar refractivity (Wildman–Crippen MR) is 46.5 cm³/mol. The van der Waals surface area contributed by atoms with Crippen molar-refractivity contribution in [2.75, 3.05) is 13.2 Å². The van der Waals surface area contributed by atoms with E-state index in [4.69, 9.17) is 21.1 Å². The maximum absolute atomic E-state index is 10.3. The summed E-state index contributed by atoms with van der Waals surface area (Å²) in [5.41, 5.74) is -0.822. The molecule has 3 aliphatic rings. The second-order valence-electron chi connectivity index (χ2n) is 4.32. The third-order valence-electron chi connectivity index (χ3n) is 3.68. The molecule has 0 aromatic rings. The summed E-state index contributed by atoms with van der Waals surface area (Å²) in [6.07, 6.45) is 1.72. The smallest absolute Gasteiger partial charge is 0.163 e. The Kier molecular flexibility index (Phi) is 1.69. The number of halogens is 1. The Hall–Kier alpha value is 0.170. The lowest BCUT2D eigenvalue weighted by molar-refractivity contribution is -0.166. The van der Waals surface area contributed by atoms with Gasteiger partial charge in [-0.1, -0.05) is 0 Å². The van der Waals surface area contributed by atoms with Gasteiger partial charge >= 0.3 is 0 Å². The summed E-state index contributed by atoms with van der Waals surface area (Å²) in [4.78, 5) is 0. The van der Waals surface area contributed by atoms with Gasteiger partial charge in [0.2, 0.25) is 0 Å². The van der Waals surface area contributed by atoms with E-state index < -0.39 is 5.60 Å². The Morgan fingerprint density at radius 3 is 3.08 bits per heavy atom. The fraction of sp³-hybridized carbons (Fsp3) is 1.00. The van der Waals surface area contributed by atoms with Gasteiger partial charge in [0.15, 0.2) is 6.29 Å². The SMILES string of the molecule is OC12COC3OCCC(CC1Cl)C32. The molecule has 4 heteroatoms. The molecule has 3 nitrogen and oxygen atoms in total. The molecule has 0 bridgehead atoms. The van der Waals surface area contributed by atoms with Crippen LogP contribution >= 0.6 is 11.6 Å². The molecule has 5 atom stereocenters. The Morgan fingerprint density at radius 1 is 1.38 bits per heavy atom. The second-order valence-corrected chi connectivity index (χ2v) is 4.85. The maximum atomic E-state index is 10.3. The van der Waals surface area contributed by atoms with Crippen molar-refractivity contribution >= 4 is 11.6 Å². The molecule has 0 aromatic heterocycles. The second kappa shape index (κ2) is 2.60. The Labute approximate surface area is 82.0 Å². The molecule has 0 radical (unpaired) electrons. The standard InChI is InChI=1S/C9H13ClO3/c10-6-3-5-1-2-12-8-7(5)9(6,11)4-13-8/h5-8,11H,1-4H2. The summed E-state index contributed by atoms with van der Waals surface area (Å²) in [5, 5.41) is 10.1. The summed E-state index contributed by atoms with van der Waals surface area (Å²) in [6.45, 7) is 1.08. The number of rotatable bonds is 0. The third kappa shape index (κ3) is 0.962.